The van der Waals surface area contributed by atoms with Crippen molar-refractivity contribution in [3.63, 3.8) is 0 Å². The van der Waals surface area contributed by atoms with E-state index in [1.54, 1.807) is 11.8 Å². The topological polar surface area (TPSA) is 87.3 Å². The van der Waals surface area contributed by atoms with Crippen molar-refractivity contribution in [2.45, 2.75) is 12.5 Å². The van der Waals surface area contributed by atoms with E-state index in [1.165, 1.54) is 4.90 Å². The lowest BCUT2D eigenvalue weighted by molar-refractivity contribution is -0.148. The van der Waals surface area contributed by atoms with Crippen molar-refractivity contribution >= 4 is 34.6 Å². The zero-order valence-electron chi connectivity index (χ0n) is 14.2. The van der Waals surface area contributed by atoms with Crippen LogP contribution in [0.15, 0.2) is 24.3 Å². The Kier molecular flexibility index (Phi) is 5.93. The summed E-state index contributed by atoms with van der Waals surface area (Å²) in [5.74, 6) is 0.439. The van der Waals surface area contributed by atoms with E-state index < -0.39 is 11.8 Å². The van der Waals surface area contributed by atoms with Crippen LogP contribution >= 0.6 is 11.8 Å². The van der Waals surface area contributed by atoms with Gasteiger partial charge in [-0.25, -0.2) is 4.98 Å². The van der Waals surface area contributed by atoms with E-state index in [9.17, 15) is 9.59 Å². The molecule has 0 radical (unpaired) electrons. The van der Waals surface area contributed by atoms with Gasteiger partial charge in [0.15, 0.2) is 0 Å². The third-order valence-corrected chi connectivity index (χ3v) is 4.79. The Hall–Kier alpha value is -2.06. The summed E-state index contributed by atoms with van der Waals surface area (Å²) in [6.07, 6.45) is 2.71. The van der Waals surface area contributed by atoms with Gasteiger partial charge in [0, 0.05) is 13.1 Å². The van der Waals surface area contributed by atoms with E-state index in [2.05, 4.69) is 15.3 Å². The van der Waals surface area contributed by atoms with Gasteiger partial charge in [0.2, 0.25) is 0 Å². The number of nitrogens with zero attached hydrogens (tertiary/aromatic N) is 2. The highest BCUT2D eigenvalue weighted by molar-refractivity contribution is 7.98. The standard InChI is InChI=1S/C17H22N4O3S/c1-25-11-6-14(15-18-12-4-2-3-5-13(12)19-15)20-16(22)17(23)21-7-9-24-10-8-21/h2-5,14H,6-11H2,1H3,(H,18,19)(H,20,22)/t14-/m0/s1. The number of thioether (sulfide) groups is 1. The van der Waals surface area contributed by atoms with Gasteiger partial charge in [-0.2, -0.15) is 11.8 Å². The fourth-order valence-electron chi connectivity index (χ4n) is 2.78. The van der Waals surface area contributed by atoms with Crippen LogP contribution in [0.25, 0.3) is 11.0 Å². The first-order valence-electron chi connectivity index (χ1n) is 8.30. The number of hydrogen-bond donors (Lipinski definition) is 2. The molecule has 1 aromatic heterocycles. The molecule has 0 bridgehead atoms. The van der Waals surface area contributed by atoms with Crippen molar-refractivity contribution in [2.24, 2.45) is 0 Å². The van der Waals surface area contributed by atoms with Crippen LogP contribution in [0.2, 0.25) is 0 Å². The van der Waals surface area contributed by atoms with Crippen molar-refractivity contribution in [3.8, 4) is 0 Å². The molecule has 2 N–H and O–H groups in total. The molecule has 0 aliphatic carbocycles. The van der Waals surface area contributed by atoms with E-state index in [4.69, 9.17) is 4.74 Å². The summed E-state index contributed by atoms with van der Waals surface area (Å²) in [6.45, 7) is 1.84. The Bertz CT molecular complexity index is 709. The molecule has 25 heavy (non-hydrogen) atoms. The number of hydrogen-bond acceptors (Lipinski definition) is 5. The molecular weight excluding hydrogens is 340 g/mol. The fourth-order valence-corrected chi connectivity index (χ4v) is 3.25. The average Bonchev–Trinajstić information content (AvgIpc) is 3.09. The lowest BCUT2D eigenvalue weighted by atomic mass is 10.2. The Balaban J connectivity index is 1.73. The van der Waals surface area contributed by atoms with Crippen molar-refractivity contribution in [1.82, 2.24) is 20.2 Å². The minimum absolute atomic E-state index is 0.322. The van der Waals surface area contributed by atoms with Crippen LogP contribution in [0.4, 0.5) is 0 Å². The quantitative estimate of drug-likeness (QED) is 0.784. The van der Waals surface area contributed by atoms with E-state index in [0.29, 0.717) is 38.5 Å². The number of carbonyl (C=O) groups excluding carboxylic acids is 2. The van der Waals surface area contributed by atoms with E-state index in [-0.39, 0.29) is 6.04 Å². The number of morpholine rings is 1. The maximum Gasteiger partial charge on any atom is 0.312 e. The van der Waals surface area contributed by atoms with Crippen LogP contribution in [0.5, 0.6) is 0 Å². The van der Waals surface area contributed by atoms with Crippen molar-refractivity contribution in [3.05, 3.63) is 30.1 Å². The average molecular weight is 362 g/mol. The molecule has 1 aliphatic heterocycles. The van der Waals surface area contributed by atoms with Gasteiger partial charge < -0.3 is 19.9 Å². The lowest BCUT2D eigenvalue weighted by Crippen LogP contribution is -2.48. The molecule has 1 saturated heterocycles. The van der Waals surface area contributed by atoms with Gasteiger partial charge in [-0.3, -0.25) is 9.59 Å². The number of amides is 2. The van der Waals surface area contributed by atoms with Crippen molar-refractivity contribution in [2.75, 3.05) is 38.3 Å². The third-order valence-electron chi connectivity index (χ3n) is 4.15. The highest BCUT2D eigenvalue weighted by Gasteiger charge is 2.27. The molecule has 2 amide bonds. The number of fused-ring (bicyclic) bond motifs is 1. The molecule has 1 aromatic carbocycles. The summed E-state index contributed by atoms with van der Waals surface area (Å²) in [5.41, 5.74) is 1.76. The molecule has 134 valence electrons. The summed E-state index contributed by atoms with van der Waals surface area (Å²) in [5, 5.41) is 2.85. The molecule has 7 nitrogen and oxygen atoms in total. The second-order valence-electron chi connectivity index (χ2n) is 5.85. The zero-order chi connectivity index (χ0) is 17.6. The van der Waals surface area contributed by atoms with Crippen LogP contribution < -0.4 is 5.32 Å². The second-order valence-corrected chi connectivity index (χ2v) is 6.84. The van der Waals surface area contributed by atoms with Gasteiger partial charge in [-0.1, -0.05) is 12.1 Å². The maximum absolute atomic E-state index is 12.4. The predicted octanol–water partition coefficient (Wildman–Crippen LogP) is 1.33. The number of H-pyrrole nitrogens is 1. The van der Waals surface area contributed by atoms with Crippen LogP contribution in [-0.2, 0) is 14.3 Å². The number of aromatic nitrogens is 2. The number of rotatable bonds is 5. The molecule has 1 atom stereocenters. The highest BCUT2D eigenvalue weighted by atomic mass is 32.2. The molecule has 1 fully saturated rings. The number of imidazole rings is 1. The van der Waals surface area contributed by atoms with E-state index in [0.717, 1.165) is 16.8 Å². The molecule has 0 unspecified atom stereocenters. The van der Waals surface area contributed by atoms with Gasteiger partial charge in [0.25, 0.3) is 0 Å². The SMILES string of the molecule is CSCC[C@H](NC(=O)C(=O)N1CCOCC1)c1nc2ccccc2[nH]1. The Morgan fingerprint density at radius 1 is 1.36 bits per heavy atom. The molecule has 8 heteroatoms. The summed E-state index contributed by atoms with van der Waals surface area (Å²) < 4.78 is 5.22. The van der Waals surface area contributed by atoms with Crippen molar-refractivity contribution < 1.29 is 14.3 Å². The Morgan fingerprint density at radius 2 is 2.12 bits per heavy atom. The monoisotopic (exact) mass is 362 g/mol. The third kappa shape index (κ3) is 4.32. The molecule has 2 heterocycles. The second kappa shape index (κ2) is 8.35. The van der Waals surface area contributed by atoms with E-state index >= 15 is 0 Å². The molecule has 0 spiro atoms. The minimum atomic E-state index is -0.589. The first-order chi connectivity index (χ1) is 12.2. The first kappa shape index (κ1) is 17.8. The van der Waals surface area contributed by atoms with Crippen LogP contribution in [0.1, 0.15) is 18.3 Å². The minimum Gasteiger partial charge on any atom is -0.378 e. The van der Waals surface area contributed by atoms with Crippen molar-refractivity contribution in [1.29, 1.82) is 0 Å². The summed E-state index contributed by atoms with van der Waals surface area (Å²) in [4.78, 5) is 34.1. The number of benzene rings is 1. The number of aromatic amines is 1. The number of nitrogens with one attached hydrogen (secondary N) is 2. The fraction of sp³-hybridized carbons (Fsp3) is 0.471. The van der Waals surface area contributed by atoms with Crippen LogP contribution in [0, 0.1) is 0 Å². The number of ether oxygens (including phenoxy) is 1. The molecule has 0 saturated carbocycles. The van der Waals surface area contributed by atoms with E-state index in [1.807, 2.05) is 30.5 Å². The van der Waals surface area contributed by atoms with Gasteiger partial charge in [0.1, 0.15) is 5.82 Å². The smallest absolute Gasteiger partial charge is 0.312 e. The number of carbonyl (C=O) groups is 2. The summed E-state index contributed by atoms with van der Waals surface area (Å²) >= 11 is 1.69. The first-order valence-corrected chi connectivity index (χ1v) is 9.69. The molecule has 2 aromatic rings. The van der Waals surface area contributed by atoms with Crippen LogP contribution in [0.3, 0.4) is 0 Å². The Morgan fingerprint density at radius 3 is 2.84 bits per heavy atom. The number of para-hydroxylation sites is 2. The lowest BCUT2D eigenvalue weighted by Gasteiger charge is -2.27. The molecule has 1 aliphatic rings. The van der Waals surface area contributed by atoms with Gasteiger partial charge in [-0.05, 0) is 30.6 Å². The summed E-state index contributed by atoms with van der Waals surface area (Å²) in [7, 11) is 0. The Labute approximate surface area is 150 Å². The maximum atomic E-state index is 12.4. The molecular formula is C17H22N4O3S. The van der Waals surface area contributed by atoms with Gasteiger partial charge in [0.05, 0.1) is 30.3 Å². The highest BCUT2D eigenvalue weighted by Crippen LogP contribution is 2.20. The summed E-state index contributed by atoms with van der Waals surface area (Å²) in [6, 6.07) is 7.39. The normalized spacial score (nSPS) is 16.0. The predicted molar refractivity (Wildman–Crippen MR) is 97.4 cm³/mol. The van der Waals surface area contributed by atoms with Gasteiger partial charge in [-0.15, -0.1) is 0 Å². The van der Waals surface area contributed by atoms with Crippen LogP contribution in [-0.4, -0.2) is 65.0 Å². The molecule has 3 rings (SSSR count). The van der Waals surface area contributed by atoms with Gasteiger partial charge >= 0.3 is 11.8 Å². The zero-order valence-corrected chi connectivity index (χ0v) is 15.0. The largest absolute Gasteiger partial charge is 0.378 e.